The van der Waals surface area contributed by atoms with E-state index >= 15 is 0 Å². The van der Waals surface area contributed by atoms with E-state index < -0.39 is 0 Å². The predicted octanol–water partition coefficient (Wildman–Crippen LogP) is 4.64. The van der Waals surface area contributed by atoms with Crippen molar-refractivity contribution in [1.29, 1.82) is 0 Å². The Balaban J connectivity index is 1.27. The Labute approximate surface area is 212 Å². The summed E-state index contributed by atoms with van der Waals surface area (Å²) in [5.41, 5.74) is 2.85. The summed E-state index contributed by atoms with van der Waals surface area (Å²) < 4.78 is 16.8. The molecular weight excluding hydrogens is 516 g/mol. The quantitative estimate of drug-likeness (QED) is 0.534. The Morgan fingerprint density at radius 2 is 1.83 bits per heavy atom. The third kappa shape index (κ3) is 4.74. The Hall–Kier alpha value is -3.07. The molecule has 1 saturated carbocycles. The van der Waals surface area contributed by atoms with Crippen molar-refractivity contribution >= 4 is 39.4 Å². The minimum absolute atomic E-state index is 0.112. The number of rotatable bonds is 6. The molecule has 184 valence electrons. The van der Waals surface area contributed by atoms with E-state index in [-0.39, 0.29) is 36.4 Å². The van der Waals surface area contributed by atoms with Crippen molar-refractivity contribution in [3.05, 3.63) is 51.5 Å². The number of anilines is 1. The molecule has 0 bridgehead atoms. The average molecular weight is 543 g/mol. The maximum Gasteiger partial charge on any atom is 0.308 e. The zero-order valence-electron chi connectivity index (χ0n) is 19.5. The van der Waals surface area contributed by atoms with Crippen molar-refractivity contribution in [2.75, 3.05) is 18.7 Å². The first kappa shape index (κ1) is 23.7. The van der Waals surface area contributed by atoms with Gasteiger partial charge in [0, 0.05) is 29.0 Å². The number of amides is 2. The molecule has 1 fully saturated rings. The molecule has 5 rings (SSSR count). The highest BCUT2D eigenvalue weighted by atomic mass is 79.9. The SMILES string of the molecule is CCOC(=O)[C@H]1CC[C@H](C(=O)Nc2ccc(Br)c3c2C(=O)N(Cc2ccc4c(c2)OCO4)C3)CC1. The van der Waals surface area contributed by atoms with Gasteiger partial charge in [0.25, 0.3) is 5.91 Å². The summed E-state index contributed by atoms with van der Waals surface area (Å²) in [5, 5.41) is 3.00. The van der Waals surface area contributed by atoms with Crippen LogP contribution in [0.15, 0.2) is 34.8 Å². The lowest BCUT2D eigenvalue weighted by atomic mass is 9.81. The van der Waals surface area contributed by atoms with Crippen LogP contribution in [0.3, 0.4) is 0 Å². The molecule has 2 aromatic carbocycles. The van der Waals surface area contributed by atoms with Crippen LogP contribution in [0.2, 0.25) is 0 Å². The van der Waals surface area contributed by atoms with Crippen LogP contribution < -0.4 is 14.8 Å². The van der Waals surface area contributed by atoms with Gasteiger partial charge in [0.15, 0.2) is 11.5 Å². The lowest BCUT2D eigenvalue weighted by Gasteiger charge is -2.26. The highest BCUT2D eigenvalue weighted by molar-refractivity contribution is 9.10. The molecule has 2 aliphatic heterocycles. The lowest BCUT2D eigenvalue weighted by molar-refractivity contribution is -0.150. The van der Waals surface area contributed by atoms with Crippen molar-refractivity contribution in [2.24, 2.45) is 11.8 Å². The maximum atomic E-state index is 13.4. The Morgan fingerprint density at radius 1 is 1.09 bits per heavy atom. The fourth-order valence-corrected chi connectivity index (χ4v) is 5.48. The molecule has 0 saturated heterocycles. The molecule has 8 nitrogen and oxygen atoms in total. The standard InChI is InChI=1S/C26H27BrN2O6/c1-2-33-26(32)17-6-4-16(5-7-17)24(30)28-20-9-8-19(27)18-13-29(25(31)23(18)20)12-15-3-10-21-22(11-15)35-14-34-21/h3,8-11,16-17H,2,4-7,12-14H2,1H3,(H,28,30)/t16-,17-. The van der Waals surface area contributed by atoms with Gasteiger partial charge in [0.05, 0.1) is 23.8 Å². The Kier molecular flexibility index (Phi) is 6.69. The summed E-state index contributed by atoms with van der Waals surface area (Å²) in [4.78, 5) is 40.2. The minimum atomic E-state index is -0.193. The third-order valence-corrected chi connectivity index (χ3v) is 7.63. The first-order valence-electron chi connectivity index (χ1n) is 11.9. The Morgan fingerprint density at radius 3 is 2.60 bits per heavy atom. The summed E-state index contributed by atoms with van der Waals surface area (Å²) >= 11 is 3.57. The zero-order valence-corrected chi connectivity index (χ0v) is 21.1. The number of benzene rings is 2. The number of carbonyl (C=O) groups is 3. The predicted molar refractivity (Wildman–Crippen MR) is 131 cm³/mol. The molecule has 2 amide bonds. The second-order valence-corrected chi connectivity index (χ2v) is 9.94. The molecule has 9 heteroatoms. The van der Waals surface area contributed by atoms with Gasteiger partial charge in [-0.1, -0.05) is 22.0 Å². The van der Waals surface area contributed by atoms with Crippen molar-refractivity contribution < 1.29 is 28.6 Å². The van der Waals surface area contributed by atoms with Gasteiger partial charge in [0.1, 0.15) is 0 Å². The largest absolute Gasteiger partial charge is 0.466 e. The second kappa shape index (κ2) is 9.89. The fourth-order valence-electron chi connectivity index (χ4n) is 5.02. The molecule has 3 aliphatic rings. The second-order valence-electron chi connectivity index (χ2n) is 9.09. The van der Waals surface area contributed by atoms with Crippen molar-refractivity contribution in [2.45, 2.75) is 45.7 Å². The number of hydrogen-bond donors (Lipinski definition) is 1. The van der Waals surface area contributed by atoms with E-state index in [1.165, 1.54) is 0 Å². The highest BCUT2D eigenvalue weighted by Crippen LogP contribution is 2.38. The summed E-state index contributed by atoms with van der Waals surface area (Å²) in [6.45, 7) is 3.23. The van der Waals surface area contributed by atoms with E-state index in [1.54, 1.807) is 17.9 Å². The maximum absolute atomic E-state index is 13.4. The summed E-state index contributed by atoms with van der Waals surface area (Å²) in [6.07, 6.45) is 2.52. The normalized spacial score (nSPS) is 20.5. The first-order valence-corrected chi connectivity index (χ1v) is 12.7. The molecule has 1 aliphatic carbocycles. The van der Waals surface area contributed by atoms with E-state index in [4.69, 9.17) is 14.2 Å². The molecule has 35 heavy (non-hydrogen) atoms. The van der Waals surface area contributed by atoms with Gasteiger partial charge < -0.3 is 24.4 Å². The molecule has 0 radical (unpaired) electrons. The number of halogens is 1. The number of carbonyl (C=O) groups excluding carboxylic acids is 3. The van der Waals surface area contributed by atoms with Gasteiger partial charge in [-0.15, -0.1) is 0 Å². The van der Waals surface area contributed by atoms with Gasteiger partial charge >= 0.3 is 5.97 Å². The van der Waals surface area contributed by atoms with E-state index in [0.29, 0.717) is 68.1 Å². The first-order chi connectivity index (χ1) is 16.9. The third-order valence-electron chi connectivity index (χ3n) is 6.89. The molecule has 0 unspecified atom stereocenters. The summed E-state index contributed by atoms with van der Waals surface area (Å²) in [7, 11) is 0. The number of esters is 1. The van der Waals surface area contributed by atoms with Gasteiger partial charge in [-0.3, -0.25) is 14.4 Å². The van der Waals surface area contributed by atoms with Crippen molar-refractivity contribution in [3.63, 3.8) is 0 Å². The van der Waals surface area contributed by atoms with Crippen LogP contribution >= 0.6 is 15.9 Å². The number of ether oxygens (including phenoxy) is 3. The van der Waals surface area contributed by atoms with Gasteiger partial charge in [0.2, 0.25) is 12.7 Å². The summed E-state index contributed by atoms with van der Waals surface area (Å²) in [6, 6.07) is 9.30. The van der Waals surface area contributed by atoms with Crippen molar-refractivity contribution in [3.8, 4) is 11.5 Å². The van der Waals surface area contributed by atoms with Gasteiger partial charge in [-0.25, -0.2) is 0 Å². The zero-order chi connectivity index (χ0) is 24.5. The fraction of sp³-hybridized carbons (Fsp3) is 0.423. The Bertz CT molecular complexity index is 1170. The molecule has 0 aromatic heterocycles. The summed E-state index contributed by atoms with van der Waals surface area (Å²) in [5.74, 6) is 0.639. The van der Waals surface area contributed by atoms with Crippen LogP contribution in [0.1, 0.15) is 54.1 Å². The monoisotopic (exact) mass is 542 g/mol. The minimum Gasteiger partial charge on any atom is -0.466 e. The smallest absolute Gasteiger partial charge is 0.308 e. The van der Waals surface area contributed by atoms with E-state index in [1.807, 2.05) is 24.3 Å². The van der Waals surface area contributed by atoms with Crippen LogP contribution in [0.4, 0.5) is 5.69 Å². The van der Waals surface area contributed by atoms with E-state index in [9.17, 15) is 14.4 Å². The highest BCUT2D eigenvalue weighted by Gasteiger charge is 2.35. The lowest BCUT2D eigenvalue weighted by Crippen LogP contribution is -2.31. The average Bonchev–Trinajstić information content (AvgIpc) is 3.46. The number of hydrogen-bond acceptors (Lipinski definition) is 6. The van der Waals surface area contributed by atoms with Crippen LogP contribution in [0.25, 0.3) is 0 Å². The number of fused-ring (bicyclic) bond motifs is 2. The molecular formula is C26H27BrN2O6. The van der Waals surface area contributed by atoms with Crippen LogP contribution in [0, 0.1) is 11.8 Å². The van der Waals surface area contributed by atoms with Gasteiger partial charge in [-0.2, -0.15) is 0 Å². The van der Waals surface area contributed by atoms with Crippen LogP contribution in [0.5, 0.6) is 11.5 Å². The van der Waals surface area contributed by atoms with E-state index in [0.717, 1.165) is 15.6 Å². The van der Waals surface area contributed by atoms with Gasteiger partial charge in [-0.05, 0) is 62.4 Å². The van der Waals surface area contributed by atoms with E-state index in [2.05, 4.69) is 21.2 Å². The molecule has 2 heterocycles. The van der Waals surface area contributed by atoms with Crippen LogP contribution in [-0.4, -0.2) is 36.1 Å². The molecule has 1 N–H and O–H groups in total. The number of nitrogens with zero attached hydrogens (tertiary/aromatic N) is 1. The van der Waals surface area contributed by atoms with Crippen LogP contribution in [-0.2, 0) is 27.4 Å². The topological polar surface area (TPSA) is 94.2 Å². The molecule has 0 spiro atoms. The van der Waals surface area contributed by atoms with Crippen molar-refractivity contribution in [1.82, 2.24) is 4.90 Å². The number of nitrogens with one attached hydrogen (secondary N) is 1. The molecule has 0 atom stereocenters. The molecule has 2 aromatic rings.